The number of hydrogen-bond acceptors (Lipinski definition) is 7. The molecule has 1 aliphatic carbocycles. The molecule has 1 aliphatic heterocycles. The van der Waals surface area contributed by atoms with Gasteiger partial charge < -0.3 is 24.6 Å². The first-order valence-electron chi connectivity index (χ1n) is 10.00. The van der Waals surface area contributed by atoms with Crippen LogP contribution >= 0.6 is 0 Å². The van der Waals surface area contributed by atoms with Crippen LogP contribution in [0.2, 0.25) is 0 Å². The molecule has 8 nitrogen and oxygen atoms in total. The molecule has 1 N–H and O–H groups in total. The zero-order chi connectivity index (χ0) is 20.2. The molecule has 8 heteroatoms. The highest BCUT2D eigenvalue weighted by Gasteiger charge is 2.23. The fourth-order valence-corrected chi connectivity index (χ4v) is 3.51. The van der Waals surface area contributed by atoms with E-state index in [0.29, 0.717) is 11.6 Å². The van der Waals surface area contributed by atoms with Crippen LogP contribution in [0.3, 0.4) is 0 Å². The van der Waals surface area contributed by atoms with E-state index in [1.54, 1.807) is 20.3 Å². The van der Waals surface area contributed by atoms with Crippen LogP contribution in [0, 0.1) is 5.92 Å². The molecule has 1 aromatic heterocycles. The summed E-state index contributed by atoms with van der Waals surface area (Å²) in [4.78, 5) is 25.3. The third-order valence-corrected chi connectivity index (χ3v) is 5.47. The SMILES string of the molecule is COc1ccc(N2CCN(c3cc(C(=O)NCC4CC4)ncn3)CC2)cc1OC. The van der Waals surface area contributed by atoms with Crippen LogP contribution in [0.1, 0.15) is 23.3 Å². The Morgan fingerprint density at radius 2 is 1.76 bits per heavy atom. The normalized spacial score (nSPS) is 16.5. The first kappa shape index (κ1) is 19.3. The van der Waals surface area contributed by atoms with E-state index >= 15 is 0 Å². The molecule has 4 rings (SSSR count). The Hall–Kier alpha value is -3.03. The lowest BCUT2D eigenvalue weighted by atomic mass is 10.2. The van der Waals surface area contributed by atoms with Gasteiger partial charge in [-0.05, 0) is 30.9 Å². The van der Waals surface area contributed by atoms with Gasteiger partial charge in [-0.25, -0.2) is 9.97 Å². The molecule has 1 amide bonds. The highest BCUT2D eigenvalue weighted by Crippen LogP contribution is 2.32. The highest BCUT2D eigenvalue weighted by atomic mass is 16.5. The second-order valence-electron chi connectivity index (χ2n) is 7.43. The third kappa shape index (κ3) is 4.52. The van der Waals surface area contributed by atoms with Crippen molar-refractivity contribution in [2.45, 2.75) is 12.8 Å². The monoisotopic (exact) mass is 397 g/mol. The Kier molecular flexibility index (Phi) is 5.69. The first-order valence-corrected chi connectivity index (χ1v) is 10.00. The van der Waals surface area contributed by atoms with Crippen molar-refractivity contribution in [3.05, 3.63) is 36.3 Å². The van der Waals surface area contributed by atoms with Crippen LogP contribution in [0.25, 0.3) is 0 Å². The summed E-state index contributed by atoms with van der Waals surface area (Å²) in [6, 6.07) is 7.76. The van der Waals surface area contributed by atoms with E-state index in [4.69, 9.17) is 9.47 Å². The third-order valence-electron chi connectivity index (χ3n) is 5.47. The van der Waals surface area contributed by atoms with Crippen molar-refractivity contribution in [2.75, 3.05) is 56.7 Å². The van der Waals surface area contributed by atoms with Crippen LogP contribution in [0.5, 0.6) is 11.5 Å². The molecular weight excluding hydrogens is 370 g/mol. The molecule has 2 heterocycles. The van der Waals surface area contributed by atoms with Gasteiger partial charge in [-0.3, -0.25) is 4.79 Å². The summed E-state index contributed by atoms with van der Waals surface area (Å²) < 4.78 is 10.7. The number of anilines is 2. The zero-order valence-corrected chi connectivity index (χ0v) is 16.9. The number of carbonyl (C=O) groups excluding carboxylic acids is 1. The summed E-state index contributed by atoms with van der Waals surface area (Å²) >= 11 is 0. The quantitative estimate of drug-likeness (QED) is 0.765. The number of hydrogen-bond donors (Lipinski definition) is 1. The van der Waals surface area contributed by atoms with Crippen molar-refractivity contribution in [1.29, 1.82) is 0 Å². The Morgan fingerprint density at radius 3 is 2.45 bits per heavy atom. The van der Waals surface area contributed by atoms with Gasteiger partial charge in [0.1, 0.15) is 17.8 Å². The number of aromatic nitrogens is 2. The number of nitrogens with zero attached hydrogens (tertiary/aromatic N) is 4. The number of methoxy groups -OCH3 is 2. The molecule has 0 radical (unpaired) electrons. The predicted molar refractivity (Wildman–Crippen MR) is 111 cm³/mol. The molecule has 0 bridgehead atoms. The molecule has 0 spiro atoms. The Morgan fingerprint density at radius 1 is 1.03 bits per heavy atom. The van der Waals surface area contributed by atoms with E-state index in [9.17, 15) is 4.79 Å². The molecule has 2 aromatic rings. The minimum atomic E-state index is -0.121. The summed E-state index contributed by atoms with van der Waals surface area (Å²) in [5.41, 5.74) is 1.53. The van der Waals surface area contributed by atoms with Crippen LogP contribution in [-0.2, 0) is 0 Å². The fraction of sp³-hybridized carbons (Fsp3) is 0.476. The van der Waals surface area contributed by atoms with E-state index in [1.165, 1.54) is 19.2 Å². The summed E-state index contributed by atoms with van der Waals surface area (Å²) in [6.07, 6.45) is 3.89. The van der Waals surface area contributed by atoms with Crippen molar-refractivity contribution in [2.24, 2.45) is 5.92 Å². The number of amides is 1. The van der Waals surface area contributed by atoms with Gasteiger partial charge in [0.15, 0.2) is 11.5 Å². The van der Waals surface area contributed by atoms with Crippen molar-refractivity contribution >= 4 is 17.4 Å². The van der Waals surface area contributed by atoms with Gasteiger partial charge >= 0.3 is 0 Å². The second-order valence-corrected chi connectivity index (χ2v) is 7.43. The minimum absolute atomic E-state index is 0.121. The number of piperazine rings is 1. The van der Waals surface area contributed by atoms with E-state index in [1.807, 2.05) is 18.2 Å². The average Bonchev–Trinajstić information content (AvgIpc) is 3.62. The van der Waals surface area contributed by atoms with Crippen molar-refractivity contribution < 1.29 is 14.3 Å². The van der Waals surface area contributed by atoms with E-state index < -0.39 is 0 Å². The summed E-state index contributed by atoms with van der Waals surface area (Å²) in [5.74, 6) is 2.77. The molecule has 2 fully saturated rings. The maximum Gasteiger partial charge on any atom is 0.270 e. The summed E-state index contributed by atoms with van der Waals surface area (Å²) in [7, 11) is 3.28. The Balaban J connectivity index is 1.38. The second kappa shape index (κ2) is 8.55. The minimum Gasteiger partial charge on any atom is -0.493 e. The number of carbonyl (C=O) groups is 1. The van der Waals surface area contributed by atoms with Crippen molar-refractivity contribution in [1.82, 2.24) is 15.3 Å². The lowest BCUT2D eigenvalue weighted by Gasteiger charge is -2.36. The maximum atomic E-state index is 12.3. The van der Waals surface area contributed by atoms with Crippen LogP contribution < -0.4 is 24.6 Å². The average molecular weight is 397 g/mol. The highest BCUT2D eigenvalue weighted by molar-refractivity contribution is 5.92. The summed E-state index contributed by atoms with van der Waals surface area (Å²) in [5, 5.41) is 2.96. The van der Waals surface area contributed by atoms with E-state index in [0.717, 1.165) is 55.7 Å². The Labute approximate surface area is 170 Å². The smallest absolute Gasteiger partial charge is 0.270 e. The Bertz CT molecular complexity index is 863. The van der Waals surface area contributed by atoms with Gasteiger partial charge in [-0.2, -0.15) is 0 Å². The zero-order valence-electron chi connectivity index (χ0n) is 16.9. The molecule has 154 valence electrons. The lowest BCUT2D eigenvalue weighted by Crippen LogP contribution is -2.47. The standard InChI is InChI=1S/C21H27N5O3/c1-28-18-6-5-16(11-19(18)29-2)25-7-9-26(10-8-25)20-12-17(23-14-24-20)21(27)22-13-15-3-4-15/h5-6,11-12,14-15H,3-4,7-10,13H2,1-2H3,(H,22,27). The van der Waals surface area contributed by atoms with Crippen LogP contribution in [0.15, 0.2) is 30.6 Å². The molecule has 2 aliphatic rings. The molecular formula is C21H27N5O3. The van der Waals surface area contributed by atoms with Crippen molar-refractivity contribution in [3.8, 4) is 11.5 Å². The van der Waals surface area contributed by atoms with Crippen molar-refractivity contribution in [3.63, 3.8) is 0 Å². The number of nitrogens with one attached hydrogen (secondary N) is 1. The first-order chi connectivity index (χ1) is 14.2. The maximum absolute atomic E-state index is 12.3. The van der Waals surface area contributed by atoms with E-state index in [-0.39, 0.29) is 5.91 Å². The predicted octanol–water partition coefficient (Wildman–Crippen LogP) is 1.96. The van der Waals surface area contributed by atoms with Gasteiger partial charge in [-0.1, -0.05) is 0 Å². The van der Waals surface area contributed by atoms with Crippen LogP contribution in [-0.4, -0.2) is 62.8 Å². The molecule has 29 heavy (non-hydrogen) atoms. The number of benzene rings is 1. The molecule has 0 unspecified atom stereocenters. The summed E-state index contributed by atoms with van der Waals surface area (Å²) in [6.45, 7) is 4.07. The molecule has 0 atom stereocenters. The topological polar surface area (TPSA) is 79.8 Å². The lowest BCUT2D eigenvalue weighted by molar-refractivity contribution is 0.0946. The van der Waals surface area contributed by atoms with Gasteiger partial charge in [0.2, 0.25) is 0 Å². The van der Waals surface area contributed by atoms with Gasteiger partial charge in [-0.15, -0.1) is 0 Å². The van der Waals surface area contributed by atoms with E-state index in [2.05, 4.69) is 25.1 Å². The van der Waals surface area contributed by atoms with Crippen LogP contribution in [0.4, 0.5) is 11.5 Å². The van der Waals surface area contributed by atoms with Gasteiger partial charge in [0.05, 0.1) is 14.2 Å². The fourth-order valence-electron chi connectivity index (χ4n) is 3.51. The molecule has 1 saturated carbocycles. The largest absolute Gasteiger partial charge is 0.493 e. The molecule has 1 saturated heterocycles. The number of ether oxygens (including phenoxy) is 2. The van der Waals surface area contributed by atoms with Gasteiger partial charge in [0, 0.05) is 50.5 Å². The molecule has 1 aromatic carbocycles. The number of rotatable bonds is 7. The van der Waals surface area contributed by atoms with Gasteiger partial charge in [0.25, 0.3) is 5.91 Å².